The van der Waals surface area contributed by atoms with Crippen LogP contribution in [-0.2, 0) is 19.1 Å². The first-order valence-corrected chi connectivity index (χ1v) is 6.32. The van der Waals surface area contributed by atoms with Crippen molar-refractivity contribution in [3.05, 3.63) is 0 Å². The third kappa shape index (κ3) is 3.20. The number of ether oxygens (including phenoxy) is 2. The number of aliphatic carboxylic acids is 1. The molecule has 0 radical (unpaired) electrons. The molecule has 2 fully saturated rings. The van der Waals surface area contributed by atoms with Gasteiger partial charge in [0, 0.05) is 6.54 Å². The predicted octanol–water partition coefficient (Wildman–Crippen LogP) is 0.114. The number of carbonyl (C=O) groups excluding carboxylic acids is 1. The van der Waals surface area contributed by atoms with Crippen LogP contribution in [0.1, 0.15) is 19.8 Å². The smallest absolute Gasteiger partial charge is 0.328 e. The van der Waals surface area contributed by atoms with E-state index in [1.165, 1.54) is 4.90 Å². The van der Waals surface area contributed by atoms with Crippen LogP contribution in [0.3, 0.4) is 0 Å². The highest BCUT2D eigenvalue weighted by atomic mass is 16.5. The number of carboxylic acids is 1. The van der Waals surface area contributed by atoms with Crippen LogP contribution in [0.2, 0.25) is 0 Å². The molecule has 1 aliphatic carbocycles. The van der Waals surface area contributed by atoms with E-state index in [4.69, 9.17) is 14.6 Å². The third-order valence-electron chi connectivity index (χ3n) is 3.32. The van der Waals surface area contributed by atoms with Gasteiger partial charge in [-0.15, -0.1) is 0 Å². The molecule has 0 aromatic carbocycles. The van der Waals surface area contributed by atoms with Gasteiger partial charge in [-0.05, 0) is 25.7 Å². The highest BCUT2D eigenvalue weighted by Crippen LogP contribution is 2.29. The van der Waals surface area contributed by atoms with Crippen molar-refractivity contribution in [2.24, 2.45) is 5.92 Å². The molecule has 6 nitrogen and oxygen atoms in total. The molecule has 1 amide bonds. The Hall–Kier alpha value is -1.14. The molecule has 1 saturated heterocycles. The summed E-state index contributed by atoms with van der Waals surface area (Å²) in [5, 5.41) is 9.05. The number of carboxylic acid groups (broad SMARTS) is 1. The van der Waals surface area contributed by atoms with Gasteiger partial charge in [-0.2, -0.15) is 0 Å². The molecule has 18 heavy (non-hydrogen) atoms. The van der Waals surface area contributed by atoms with Gasteiger partial charge in [0.25, 0.3) is 5.91 Å². The lowest BCUT2D eigenvalue weighted by Gasteiger charge is -2.34. The Balaban J connectivity index is 1.89. The maximum atomic E-state index is 12.1. The van der Waals surface area contributed by atoms with Crippen LogP contribution in [0, 0.1) is 5.92 Å². The van der Waals surface area contributed by atoms with Crippen molar-refractivity contribution < 1.29 is 24.2 Å². The van der Waals surface area contributed by atoms with Crippen molar-refractivity contribution in [1.29, 1.82) is 0 Å². The number of hydrogen-bond acceptors (Lipinski definition) is 4. The summed E-state index contributed by atoms with van der Waals surface area (Å²) in [5.41, 5.74) is 0. The zero-order valence-electron chi connectivity index (χ0n) is 10.5. The molecule has 0 spiro atoms. The predicted molar refractivity (Wildman–Crippen MR) is 62.1 cm³/mol. The minimum atomic E-state index is -1.03. The Morgan fingerprint density at radius 1 is 1.50 bits per heavy atom. The van der Waals surface area contributed by atoms with E-state index < -0.39 is 18.1 Å². The van der Waals surface area contributed by atoms with Crippen LogP contribution in [0.25, 0.3) is 0 Å². The molecule has 1 N–H and O–H groups in total. The van der Waals surface area contributed by atoms with Gasteiger partial charge in [0.15, 0.2) is 6.04 Å². The van der Waals surface area contributed by atoms with Gasteiger partial charge in [0.1, 0.15) is 6.10 Å². The Labute approximate surface area is 106 Å². The monoisotopic (exact) mass is 257 g/mol. The van der Waals surface area contributed by atoms with E-state index in [1.807, 2.05) is 0 Å². The van der Waals surface area contributed by atoms with Crippen molar-refractivity contribution in [2.75, 3.05) is 26.4 Å². The Bertz CT molecular complexity index is 328. The van der Waals surface area contributed by atoms with Crippen molar-refractivity contribution in [3.8, 4) is 0 Å². The maximum absolute atomic E-state index is 12.1. The second-order valence-electron chi connectivity index (χ2n) is 4.88. The molecule has 0 bridgehead atoms. The molecular formula is C12H19NO5. The lowest BCUT2D eigenvalue weighted by atomic mass is 10.2. The Morgan fingerprint density at radius 2 is 2.22 bits per heavy atom. The van der Waals surface area contributed by atoms with Crippen molar-refractivity contribution >= 4 is 11.9 Å². The van der Waals surface area contributed by atoms with E-state index in [9.17, 15) is 9.59 Å². The third-order valence-corrected chi connectivity index (χ3v) is 3.32. The molecule has 0 unspecified atom stereocenters. The minimum absolute atomic E-state index is 0.0520. The van der Waals surface area contributed by atoms with Crippen LogP contribution in [0.4, 0.5) is 0 Å². The summed E-state index contributed by atoms with van der Waals surface area (Å²) in [6.07, 6.45) is 1.75. The summed E-state index contributed by atoms with van der Waals surface area (Å²) in [4.78, 5) is 24.5. The largest absolute Gasteiger partial charge is 0.480 e. The van der Waals surface area contributed by atoms with Crippen LogP contribution in [0.15, 0.2) is 0 Å². The minimum Gasteiger partial charge on any atom is -0.480 e. The normalized spacial score (nSPS) is 25.8. The van der Waals surface area contributed by atoms with Gasteiger partial charge in [0.05, 0.1) is 19.8 Å². The number of carbonyl (C=O) groups is 2. The summed E-state index contributed by atoms with van der Waals surface area (Å²) in [6.45, 7) is 3.02. The summed E-state index contributed by atoms with van der Waals surface area (Å²) in [6, 6.07) is -0.891. The Kier molecular flexibility index (Phi) is 4.19. The topological polar surface area (TPSA) is 76.1 Å². The van der Waals surface area contributed by atoms with Crippen LogP contribution in [0.5, 0.6) is 0 Å². The standard InChI is InChI=1S/C12H19NO5/c1-8(18-6-9-2-3-9)11(14)13-4-5-17-7-10(13)12(15)16/h8-10H,2-7H2,1H3,(H,15,16)/t8-,10-/m1/s1. The van der Waals surface area contributed by atoms with E-state index in [1.54, 1.807) is 6.92 Å². The molecule has 2 rings (SSSR count). The quantitative estimate of drug-likeness (QED) is 0.756. The first kappa shape index (κ1) is 13.3. The van der Waals surface area contributed by atoms with Gasteiger partial charge in [-0.3, -0.25) is 4.79 Å². The summed E-state index contributed by atoms with van der Waals surface area (Å²) in [7, 11) is 0. The summed E-state index contributed by atoms with van der Waals surface area (Å²) >= 11 is 0. The van der Waals surface area contributed by atoms with E-state index in [0.29, 0.717) is 25.7 Å². The Morgan fingerprint density at radius 3 is 2.83 bits per heavy atom. The van der Waals surface area contributed by atoms with E-state index in [0.717, 1.165) is 12.8 Å². The summed E-state index contributed by atoms with van der Waals surface area (Å²) in [5.74, 6) is -0.705. The molecular weight excluding hydrogens is 238 g/mol. The molecule has 0 aromatic rings. The highest BCUT2D eigenvalue weighted by Gasteiger charge is 2.35. The number of amides is 1. The molecule has 1 heterocycles. The summed E-state index contributed by atoms with van der Waals surface area (Å²) < 4.78 is 10.6. The SMILES string of the molecule is C[C@@H](OCC1CC1)C(=O)N1CCOC[C@@H]1C(=O)O. The molecule has 102 valence electrons. The van der Waals surface area contributed by atoms with Crippen LogP contribution in [-0.4, -0.2) is 60.4 Å². The van der Waals surface area contributed by atoms with E-state index in [-0.39, 0.29) is 12.5 Å². The highest BCUT2D eigenvalue weighted by molar-refractivity contribution is 5.86. The number of nitrogens with zero attached hydrogens (tertiary/aromatic N) is 1. The van der Waals surface area contributed by atoms with Crippen molar-refractivity contribution in [3.63, 3.8) is 0 Å². The maximum Gasteiger partial charge on any atom is 0.328 e. The van der Waals surface area contributed by atoms with Gasteiger partial charge in [-0.25, -0.2) is 4.79 Å². The number of hydrogen-bond donors (Lipinski definition) is 1. The van der Waals surface area contributed by atoms with Crippen LogP contribution >= 0.6 is 0 Å². The molecule has 0 aromatic heterocycles. The average Bonchev–Trinajstić information content (AvgIpc) is 3.19. The lowest BCUT2D eigenvalue weighted by molar-refractivity contribution is -0.163. The average molecular weight is 257 g/mol. The van der Waals surface area contributed by atoms with Gasteiger partial charge >= 0.3 is 5.97 Å². The van der Waals surface area contributed by atoms with E-state index >= 15 is 0 Å². The lowest BCUT2D eigenvalue weighted by Crippen LogP contribution is -2.55. The van der Waals surface area contributed by atoms with E-state index in [2.05, 4.69) is 0 Å². The molecule has 2 atom stereocenters. The van der Waals surface area contributed by atoms with Gasteiger partial charge < -0.3 is 19.5 Å². The fourth-order valence-electron chi connectivity index (χ4n) is 1.94. The number of rotatable bonds is 5. The second-order valence-corrected chi connectivity index (χ2v) is 4.88. The van der Waals surface area contributed by atoms with Gasteiger partial charge in [-0.1, -0.05) is 0 Å². The first-order valence-electron chi connectivity index (χ1n) is 6.32. The van der Waals surface area contributed by atoms with Crippen molar-refractivity contribution in [1.82, 2.24) is 4.90 Å². The number of morpholine rings is 1. The first-order chi connectivity index (χ1) is 8.59. The molecule has 2 aliphatic rings. The zero-order valence-corrected chi connectivity index (χ0v) is 10.5. The van der Waals surface area contributed by atoms with Crippen molar-refractivity contribution in [2.45, 2.75) is 31.9 Å². The van der Waals surface area contributed by atoms with Gasteiger partial charge in [0.2, 0.25) is 0 Å². The molecule has 1 aliphatic heterocycles. The fraction of sp³-hybridized carbons (Fsp3) is 0.833. The zero-order chi connectivity index (χ0) is 13.1. The molecule has 6 heteroatoms. The molecule has 1 saturated carbocycles. The second kappa shape index (κ2) is 5.67. The van der Waals surface area contributed by atoms with Crippen LogP contribution < -0.4 is 0 Å². The fourth-order valence-corrected chi connectivity index (χ4v) is 1.94.